The summed E-state index contributed by atoms with van der Waals surface area (Å²) in [6, 6.07) is 7.27. The van der Waals surface area contributed by atoms with Crippen LogP contribution in [0.15, 0.2) is 24.3 Å². The van der Waals surface area contributed by atoms with Crippen molar-refractivity contribution in [3.05, 3.63) is 29.8 Å². The standard InChI is InChI=1S/C12H17N3O2/c1-9-3-2-4-10(5-9)15-11(16)14-8-12(17)6-13-7-12/h2-5,13,17H,6-8H2,1H3,(H2,14,15,16). The topological polar surface area (TPSA) is 73.4 Å². The average molecular weight is 235 g/mol. The second-order valence-electron chi connectivity index (χ2n) is 4.51. The molecule has 0 atom stereocenters. The van der Waals surface area contributed by atoms with Gasteiger partial charge in [-0.15, -0.1) is 0 Å². The smallest absolute Gasteiger partial charge is 0.319 e. The van der Waals surface area contributed by atoms with Crippen LogP contribution in [0.2, 0.25) is 0 Å². The first-order chi connectivity index (χ1) is 8.07. The van der Waals surface area contributed by atoms with E-state index in [-0.39, 0.29) is 12.6 Å². The zero-order valence-corrected chi connectivity index (χ0v) is 9.79. The van der Waals surface area contributed by atoms with Crippen LogP contribution in [0.3, 0.4) is 0 Å². The van der Waals surface area contributed by atoms with Crippen molar-refractivity contribution < 1.29 is 9.90 Å². The number of anilines is 1. The maximum Gasteiger partial charge on any atom is 0.319 e. The van der Waals surface area contributed by atoms with Crippen LogP contribution in [0.5, 0.6) is 0 Å². The summed E-state index contributed by atoms with van der Waals surface area (Å²) < 4.78 is 0. The molecule has 92 valence electrons. The molecule has 5 heteroatoms. The summed E-state index contributed by atoms with van der Waals surface area (Å²) in [5, 5.41) is 18.1. The molecule has 0 spiro atoms. The van der Waals surface area contributed by atoms with Crippen LogP contribution < -0.4 is 16.0 Å². The zero-order valence-electron chi connectivity index (χ0n) is 9.79. The van der Waals surface area contributed by atoms with Gasteiger partial charge in [-0.1, -0.05) is 12.1 Å². The lowest BCUT2D eigenvalue weighted by Crippen LogP contribution is -2.64. The predicted octanol–water partition coefficient (Wildman–Crippen LogP) is 0.451. The van der Waals surface area contributed by atoms with Gasteiger partial charge in [-0.2, -0.15) is 0 Å². The summed E-state index contributed by atoms with van der Waals surface area (Å²) in [4.78, 5) is 11.6. The van der Waals surface area contributed by atoms with Gasteiger partial charge in [0.15, 0.2) is 0 Å². The zero-order chi connectivity index (χ0) is 12.3. The molecule has 0 radical (unpaired) electrons. The van der Waals surface area contributed by atoms with Crippen molar-refractivity contribution in [1.82, 2.24) is 10.6 Å². The minimum absolute atomic E-state index is 0.262. The SMILES string of the molecule is Cc1cccc(NC(=O)NCC2(O)CNC2)c1. The molecule has 17 heavy (non-hydrogen) atoms. The maximum absolute atomic E-state index is 11.6. The van der Waals surface area contributed by atoms with Crippen molar-refractivity contribution in [2.45, 2.75) is 12.5 Å². The van der Waals surface area contributed by atoms with Crippen molar-refractivity contribution in [2.24, 2.45) is 0 Å². The molecule has 1 aromatic carbocycles. The van der Waals surface area contributed by atoms with E-state index in [0.717, 1.165) is 11.3 Å². The molecule has 1 saturated heterocycles. The maximum atomic E-state index is 11.6. The predicted molar refractivity (Wildman–Crippen MR) is 66.0 cm³/mol. The summed E-state index contributed by atoms with van der Waals surface area (Å²) in [5.74, 6) is 0. The first kappa shape index (κ1) is 11.9. The molecule has 0 unspecified atom stereocenters. The van der Waals surface area contributed by atoms with E-state index in [2.05, 4.69) is 16.0 Å². The number of carbonyl (C=O) groups is 1. The second-order valence-corrected chi connectivity index (χ2v) is 4.51. The van der Waals surface area contributed by atoms with Gasteiger partial charge in [0.25, 0.3) is 0 Å². The largest absolute Gasteiger partial charge is 0.385 e. The number of carbonyl (C=O) groups excluding carboxylic acids is 1. The molecular formula is C12H17N3O2. The van der Waals surface area contributed by atoms with Crippen molar-refractivity contribution in [2.75, 3.05) is 25.0 Å². The number of aryl methyl sites for hydroxylation is 1. The first-order valence-electron chi connectivity index (χ1n) is 5.62. The van der Waals surface area contributed by atoms with E-state index < -0.39 is 5.60 Å². The number of hydrogen-bond donors (Lipinski definition) is 4. The summed E-state index contributed by atoms with van der Waals surface area (Å²) in [5.41, 5.74) is 1.05. The number of nitrogens with one attached hydrogen (secondary N) is 3. The Morgan fingerprint density at radius 3 is 2.88 bits per heavy atom. The molecule has 2 amide bonds. The van der Waals surface area contributed by atoms with Gasteiger partial charge in [0.2, 0.25) is 0 Å². The van der Waals surface area contributed by atoms with Crippen molar-refractivity contribution in [3.63, 3.8) is 0 Å². The fourth-order valence-electron chi connectivity index (χ4n) is 1.68. The molecule has 1 fully saturated rings. The number of hydrogen-bond acceptors (Lipinski definition) is 3. The quantitative estimate of drug-likeness (QED) is 0.614. The van der Waals surface area contributed by atoms with Gasteiger partial charge in [-0.05, 0) is 24.6 Å². The van der Waals surface area contributed by atoms with Gasteiger partial charge in [0.05, 0.1) is 6.54 Å². The Bertz CT molecular complexity index is 416. The first-order valence-corrected chi connectivity index (χ1v) is 5.62. The molecule has 1 aromatic rings. The van der Waals surface area contributed by atoms with Crippen LogP contribution in [0.4, 0.5) is 10.5 Å². The molecule has 0 bridgehead atoms. The highest BCUT2D eigenvalue weighted by Gasteiger charge is 2.34. The number of benzene rings is 1. The van der Waals surface area contributed by atoms with Gasteiger partial charge in [0, 0.05) is 18.8 Å². The van der Waals surface area contributed by atoms with E-state index in [1.165, 1.54) is 0 Å². The Morgan fingerprint density at radius 2 is 2.29 bits per heavy atom. The Balaban J connectivity index is 1.81. The number of β-amino-alcohol motifs (C(OH)–C–C–N with tert-alkyl or cyclic N) is 1. The molecule has 4 N–H and O–H groups in total. The number of urea groups is 1. The molecule has 1 aliphatic heterocycles. The Hall–Kier alpha value is -1.59. The fraction of sp³-hybridized carbons (Fsp3) is 0.417. The lowest BCUT2D eigenvalue weighted by atomic mass is 9.98. The van der Waals surface area contributed by atoms with Crippen LogP contribution in [-0.2, 0) is 0 Å². The number of aliphatic hydroxyl groups is 1. The summed E-state index contributed by atoms with van der Waals surface area (Å²) in [6.07, 6.45) is 0. The van der Waals surface area contributed by atoms with Gasteiger partial charge in [0.1, 0.15) is 5.60 Å². The summed E-state index contributed by atoms with van der Waals surface area (Å²) in [7, 11) is 0. The Morgan fingerprint density at radius 1 is 1.53 bits per heavy atom. The van der Waals surface area contributed by atoms with Crippen molar-refractivity contribution >= 4 is 11.7 Å². The highest BCUT2D eigenvalue weighted by molar-refractivity contribution is 5.89. The molecule has 0 saturated carbocycles. The summed E-state index contributed by atoms with van der Waals surface area (Å²) in [6.45, 7) is 3.28. The van der Waals surface area contributed by atoms with Crippen molar-refractivity contribution in [1.29, 1.82) is 0 Å². The van der Waals surface area contributed by atoms with E-state index in [0.29, 0.717) is 13.1 Å². The van der Waals surface area contributed by atoms with Crippen LogP contribution >= 0.6 is 0 Å². The van der Waals surface area contributed by atoms with E-state index in [9.17, 15) is 9.90 Å². The third kappa shape index (κ3) is 3.18. The van der Waals surface area contributed by atoms with Gasteiger partial charge in [-0.3, -0.25) is 0 Å². The minimum atomic E-state index is -0.788. The van der Waals surface area contributed by atoms with E-state index in [1.54, 1.807) is 0 Å². The van der Waals surface area contributed by atoms with Gasteiger partial charge >= 0.3 is 6.03 Å². The fourth-order valence-corrected chi connectivity index (χ4v) is 1.68. The highest BCUT2D eigenvalue weighted by atomic mass is 16.3. The van der Waals surface area contributed by atoms with Crippen LogP contribution in [-0.4, -0.2) is 36.4 Å². The highest BCUT2D eigenvalue weighted by Crippen LogP contribution is 2.10. The monoisotopic (exact) mass is 235 g/mol. The lowest BCUT2D eigenvalue weighted by molar-refractivity contribution is -0.00575. The molecule has 0 aliphatic carbocycles. The molecular weight excluding hydrogens is 218 g/mol. The molecule has 5 nitrogen and oxygen atoms in total. The Kier molecular flexibility index (Phi) is 3.31. The molecule has 1 heterocycles. The van der Waals surface area contributed by atoms with Crippen LogP contribution in [0.1, 0.15) is 5.56 Å². The van der Waals surface area contributed by atoms with E-state index >= 15 is 0 Å². The molecule has 1 aliphatic rings. The number of amides is 2. The van der Waals surface area contributed by atoms with Crippen LogP contribution in [0, 0.1) is 6.92 Å². The third-order valence-electron chi connectivity index (χ3n) is 2.76. The lowest BCUT2D eigenvalue weighted by Gasteiger charge is -2.37. The number of rotatable bonds is 3. The van der Waals surface area contributed by atoms with Crippen LogP contribution in [0.25, 0.3) is 0 Å². The van der Waals surface area contributed by atoms with E-state index in [4.69, 9.17) is 0 Å². The molecule has 2 rings (SSSR count). The Labute approximate surface area is 100 Å². The van der Waals surface area contributed by atoms with Crippen molar-refractivity contribution in [3.8, 4) is 0 Å². The van der Waals surface area contributed by atoms with Gasteiger partial charge in [-0.25, -0.2) is 4.79 Å². The minimum Gasteiger partial charge on any atom is -0.385 e. The summed E-state index contributed by atoms with van der Waals surface area (Å²) >= 11 is 0. The van der Waals surface area contributed by atoms with E-state index in [1.807, 2.05) is 31.2 Å². The molecule has 0 aromatic heterocycles. The van der Waals surface area contributed by atoms with Gasteiger partial charge < -0.3 is 21.1 Å². The average Bonchev–Trinajstić information content (AvgIpc) is 2.24. The normalized spacial score (nSPS) is 17.1. The second kappa shape index (κ2) is 4.73. The third-order valence-corrected chi connectivity index (χ3v) is 2.76.